The molecular weight excluding hydrogens is 356 g/mol. The lowest BCUT2D eigenvalue weighted by Gasteiger charge is -2.25. The normalized spacial score (nSPS) is 12.2. The van der Waals surface area contributed by atoms with Crippen LogP contribution in [-0.4, -0.2) is 42.9 Å². The van der Waals surface area contributed by atoms with Gasteiger partial charge in [-0.1, -0.05) is 54.6 Å². The van der Waals surface area contributed by atoms with Crippen LogP contribution in [0.2, 0.25) is 0 Å². The molecule has 1 atom stereocenters. The average Bonchev–Trinajstić information content (AvgIpc) is 2.66. The fraction of sp³-hybridized carbons (Fsp3) is 0.364. The van der Waals surface area contributed by atoms with Crippen molar-refractivity contribution in [2.24, 2.45) is 0 Å². The number of amides is 2. The summed E-state index contributed by atoms with van der Waals surface area (Å²) in [7, 11) is 2.90. The molecule has 6 nitrogen and oxygen atoms in total. The Morgan fingerprint density at radius 2 is 1.57 bits per heavy atom. The van der Waals surface area contributed by atoms with Crippen molar-refractivity contribution in [2.75, 3.05) is 14.2 Å². The molecule has 0 saturated heterocycles. The zero-order valence-electron chi connectivity index (χ0n) is 17.1. The second kappa shape index (κ2) is 9.37. The second-order valence-corrected chi connectivity index (χ2v) is 7.48. The molecule has 1 N–H and O–H groups in total. The molecule has 0 aromatic heterocycles. The first kappa shape index (κ1) is 21.4. The molecular formula is C22H28N2O4. The number of nitrogens with one attached hydrogen (secondary N) is 1. The lowest BCUT2D eigenvalue weighted by atomic mass is 10.0. The molecule has 2 rings (SSSR count). The molecule has 0 spiro atoms. The van der Waals surface area contributed by atoms with E-state index in [1.807, 2.05) is 54.6 Å². The molecule has 2 amide bonds. The second-order valence-electron chi connectivity index (χ2n) is 7.48. The maximum atomic E-state index is 12.6. The maximum Gasteiger partial charge on any atom is 0.408 e. The minimum absolute atomic E-state index is 0.320. The van der Waals surface area contributed by atoms with Gasteiger partial charge in [0.05, 0.1) is 7.11 Å². The Labute approximate surface area is 166 Å². The van der Waals surface area contributed by atoms with E-state index in [2.05, 4.69) is 5.32 Å². The van der Waals surface area contributed by atoms with Gasteiger partial charge in [0.1, 0.15) is 11.6 Å². The SMILES string of the molecule is CON(C)C(=O)[C@@H](Cc1ccc(-c2ccccc2)cc1)NC(=O)OC(C)(C)C. The quantitative estimate of drug-likeness (QED) is 0.769. The Hall–Kier alpha value is -2.86. The van der Waals surface area contributed by atoms with E-state index >= 15 is 0 Å². The molecule has 0 bridgehead atoms. The number of rotatable bonds is 6. The first-order valence-electron chi connectivity index (χ1n) is 9.15. The van der Waals surface area contributed by atoms with Crippen LogP contribution in [0.15, 0.2) is 54.6 Å². The van der Waals surface area contributed by atoms with Crippen LogP contribution >= 0.6 is 0 Å². The van der Waals surface area contributed by atoms with Crippen LogP contribution in [0.25, 0.3) is 11.1 Å². The van der Waals surface area contributed by atoms with Crippen molar-refractivity contribution in [3.8, 4) is 11.1 Å². The van der Waals surface area contributed by atoms with Crippen molar-refractivity contribution < 1.29 is 19.2 Å². The van der Waals surface area contributed by atoms with Gasteiger partial charge in [-0.05, 0) is 37.5 Å². The van der Waals surface area contributed by atoms with E-state index in [1.54, 1.807) is 20.8 Å². The predicted molar refractivity (Wildman–Crippen MR) is 109 cm³/mol. The Balaban J connectivity index is 2.15. The highest BCUT2D eigenvalue weighted by molar-refractivity contribution is 5.85. The van der Waals surface area contributed by atoms with Crippen molar-refractivity contribution >= 4 is 12.0 Å². The molecule has 0 aliphatic heterocycles. The van der Waals surface area contributed by atoms with Crippen molar-refractivity contribution in [3.05, 3.63) is 60.2 Å². The van der Waals surface area contributed by atoms with Gasteiger partial charge in [0, 0.05) is 13.5 Å². The molecule has 6 heteroatoms. The lowest BCUT2D eigenvalue weighted by Crippen LogP contribution is -2.49. The van der Waals surface area contributed by atoms with E-state index in [-0.39, 0.29) is 5.91 Å². The number of ether oxygens (including phenoxy) is 1. The third-order valence-electron chi connectivity index (χ3n) is 4.07. The molecule has 0 fully saturated rings. The van der Waals surface area contributed by atoms with Gasteiger partial charge < -0.3 is 10.1 Å². The maximum absolute atomic E-state index is 12.6. The summed E-state index contributed by atoms with van der Waals surface area (Å²) in [5, 5.41) is 3.75. The Kier molecular flexibility index (Phi) is 7.18. The van der Waals surface area contributed by atoms with Gasteiger partial charge in [-0.2, -0.15) is 0 Å². The number of likely N-dealkylation sites (N-methyl/N-ethyl adjacent to an activating group) is 1. The van der Waals surface area contributed by atoms with Gasteiger partial charge in [0.15, 0.2) is 0 Å². The largest absolute Gasteiger partial charge is 0.444 e. The number of hydrogen-bond acceptors (Lipinski definition) is 4. The van der Waals surface area contributed by atoms with Gasteiger partial charge in [-0.15, -0.1) is 0 Å². The van der Waals surface area contributed by atoms with Crippen LogP contribution in [0, 0.1) is 0 Å². The average molecular weight is 384 g/mol. The van der Waals surface area contributed by atoms with Crippen LogP contribution in [0.4, 0.5) is 4.79 Å². The number of carbonyl (C=O) groups is 2. The smallest absolute Gasteiger partial charge is 0.408 e. The number of hydrogen-bond donors (Lipinski definition) is 1. The van der Waals surface area contributed by atoms with Crippen LogP contribution < -0.4 is 5.32 Å². The van der Waals surface area contributed by atoms with Crippen molar-refractivity contribution in [2.45, 2.75) is 38.8 Å². The molecule has 28 heavy (non-hydrogen) atoms. The number of carbonyl (C=O) groups excluding carboxylic acids is 2. The summed E-state index contributed by atoms with van der Waals surface area (Å²) >= 11 is 0. The molecule has 2 aromatic rings. The minimum atomic E-state index is -0.803. The van der Waals surface area contributed by atoms with Gasteiger partial charge >= 0.3 is 6.09 Å². The molecule has 0 aliphatic rings. The molecule has 150 valence electrons. The number of nitrogens with zero attached hydrogens (tertiary/aromatic N) is 1. The lowest BCUT2D eigenvalue weighted by molar-refractivity contribution is -0.171. The standard InChI is InChI=1S/C22H28N2O4/c1-22(2,3)28-21(26)23-19(20(25)24(4)27-5)15-16-11-13-18(14-12-16)17-9-7-6-8-10-17/h6-14,19H,15H2,1-5H3,(H,23,26)/t19-/m1/s1. The van der Waals surface area contributed by atoms with E-state index < -0.39 is 17.7 Å². The van der Waals surface area contributed by atoms with E-state index in [0.717, 1.165) is 21.8 Å². The summed E-state index contributed by atoms with van der Waals surface area (Å²) in [6.07, 6.45) is -0.322. The molecule has 0 heterocycles. The topological polar surface area (TPSA) is 67.9 Å². The molecule has 0 radical (unpaired) electrons. The first-order valence-corrected chi connectivity index (χ1v) is 9.15. The predicted octanol–water partition coefficient (Wildman–Crippen LogP) is 3.81. The zero-order chi connectivity index (χ0) is 20.7. The summed E-state index contributed by atoms with van der Waals surface area (Å²) in [6, 6.07) is 17.1. The Morgan fingerprint density at radius 1 is 1.00 bits per heavy atom. The van der Waals surface area contributed by atoms with Crippen LogP contribution in [0.1, 0.15) is 26.3 Å². The summed E-state index contributed by atoms with van der Waals surface area (Å²) in [5.74, 6) is -0.361. The van der Waals surface area contributed by atoms with Crippen LogP contribution in [0.5, 0.6) is 0 Å². The molecule has 2 aromatic carbocycles. The minimum Gasteiger partial charge on any atom is -0.444 e. The summed E-state index contributed by atoms with van der Waals surface area (Å²) in [4.78, 5) is 29.7. The highest BCUT2D eigenvalue weighted by Gasteiger charge is 2.27. The number of benzene rings is 2. The van der Waals surface area contributed by atoms with Gasteiger partial charge in [-0.25, -0.2) is 9.86 Å². The van der Waals surface area contributed by atoms with Crippen LogP contribution in [0.3, 0.4) is 0 Å². The Bertz CT molecular complexity index is 782. The summed E-state index contributed by atoms with van der Waals surface area (Å²) in [6.45, 7) is 5.31. The number of alkyl carbamates (subject to hydrolysis) is 1. The summed E-state index contributed by atoms with van der Waals surface area (Å²) < 4.78 is 5.28. The monoisotopic (exact) mass is 384 g/mol. The Morgan fingerprint density at radius 3 is 2.11 bits per heavy atom. The van der Waals surface area contributed by atoms with E-state index in [1.165, 1.54) is 14.2 Å². The van der Waals surface area contributed by atoms with Gasteiger partial charge in [0.25, 0.3) is 5.91 Å². The van der Waals surface area contributed by atoms with Crippen molar-refractivity contribution in [1.29, 1.82) is 0 Å². The first-order chi connectivity index (χ1) is 13.2. The molecule has 0 saturated carbocycles. The van der Waals surface area contributed by atoms with E-state index in [0.29, 0.717) is 6.42 Å². The summed E-state index contributed by atoms with van der Waals surface area (Å²) in [5.41, 5.74) is 2.47. The fourth-order valence-electron chi connectivity index (χ4n) is 2.66. The van der Waals surface area contributed by atoms with Crippen molar-refractivity contribution in [1.82, 2.24) is 10.4 Å². The van der Waals surface area contributed by atoms with Gasteiger partial charge in [0.2, 0.25) is 0 Å². The highest BCUT2D eigenvalue weighted by Crippen LogP contribution is 2.20. The van der Waals surface area contributed by atoms with Crippen LogP contribution in [-0.2, 0) is 20.8 Å². The van der Waals surface area contributed by atoms with Gasteiger partial charge in [-0.3, -0.25) is 9.63 Å². The highest BCUT2D eigenvalue weighted by atomic mass is 16.7. The molecule has 0 aliphatic carbocycles. The fourth-order valence-corrected chi connectivity index (χ4v) is 2.66. The zero-order valence-corrected chi connectivity index (χ0v) is 17.1. The van der Waals surface area contributed by atoms with E-state index in [9.17, 15) is 9.59 Å². The van der Waals surface area contributed by atoms with E-state index in [4.69, 9.17) is 9.57 Å². The van der Waals surface area contributed by atoms with Crippen molar-refractivity contribution in [3.63, 3.8) is 0 Å². The third-order valence-corrected chi connectivity index (χ3v) is 4.07. The molecule has 0 unspecified atom stereocenters. The number of hydroxylamine groups is 2. The third kappa shape index (κ3) is 6.39.